The third kappa shape index (κ3) is 3.63. The second-order valence-electron chi connectivity index (χ2n) is 5.62. The highest BCUT2D eigenvalue weighted by atomic mass is 16.1. The van der Waals surface area contributed by atoms with E-state index >= 15 is 0 Å². The van der Waals surface area contributed by atoms with Crippen LogP contribution in [0.2, 0.25) is 0 Å². The summed E-state index contributed by atoms with van der Waals surface area (Å²) in [4.78, 5) is 11.0. The minimum absolute atomic E-state index is 0.0650. The van der Waals surface area contributed by atoms with Crippen LogP contribution in [-0.2, 0) is 11.3 Å². The summed E-state index contributed by atoms with van der Waals surface area (Å²) in [5.74, 6) is -0.0650. The molecule has 5 heteroatoms. The number of aromatic nitrogens is 2. The van der Waals surface area contributed by atoms with E-state index in [-0.39, 0.29) is 5.91 Å². The third-order valence-electron chi connectivity index (χ3n) is 3.77. The summed E-state index contributed by atoms with van der Waals surface area (Å²) in [7, 11) is 0. The van der Waals surface area contributed by atoms with Crippen LogP contribution in [0.25, 0.3) is 5.69 Å². The fourth-order valence-electron chi connectivity index (χ4n) is 2.52. The average molecular weight is 320 g/mol. The minimum Gasteiger partial charge on any atom is -0.378 e. The Labute approximate surface area is 141 Å². The summed E-state index contributed by atoms with van der Waals surface area (Å²) in [6.45, 7) is 4.24. The molecule has 1 heterocycles. The Morgan fingerprint density at radius 2 is 1.79 bits per heavy atom. The summed E-state index contributed by atoms with van der Waals surface area (Å²) in [5, 5.41) is 10.6. The Kier molecular flexibility index (Phi) is 4.61. The fourth-order valence-corrected chi connectivity index (χ4v) is 2.52. The maximum absolute atomic E-state index is 11.0. The molecular formula is C19H20N4O. The molecule has 24 heavy (non-hydrogen) atoms. The number of anilines is 2. The molecule has 0 saturated carbocycles. The third-order valence-corrected chi connectivity index (χ3v) is 3.77. The van der Waals surface area contributed by atoms with Crippen LogP contribution in [0, 0.1) is 6.92 Å². The number of nitrogens with one attached hydrogen (secondary N) is 2. The molecule has 0 atom stereocenters. The average Bonchev–Trinajstić information content (AvgIpc) is 2.95. The highest BCUT2D eigenvalue weighted by Crippen LogP contribution is 2.19. The van der Waals surface area contributed by atoms with Gasteiger partial charge in [-0.05, 0) is 36.8 Å². The van der Waals surface area contributed by atoms with Crippen LogP contribution in [0.15, 0.2) is 60.8 Å². The van der Waals surface area contributed by atoms with Crippen LogP contribution in [-0.4, -0.2) is 15.7 Å². The molecule has 3 aromatic rings. The molecular weight excluding hydrogens is 300 g/mol. The van der Waals surface area contributed by atoms with E-state index in [2.05, 4.69) is 15.7 Å². The number of carbonyl (C=O) groups is 1. The second kappa shape index (κ2) is 7.00. The molecule has 0 fully saturated rings. The van der Waals surface area contributed by atoms with E-state index in [1.165, 1.54) is 6.92 Å². The summed E-state index contributed by atoms with van der Waals surface area (Å²) in [5.41, 5.74) is 5.05. The number of nitrogens with zero attached hydrogens (tertiary/aromatic N) is 2. The highest BCUT2D eigenvalue weighted by Gasteiger charge is 2.07. The topological polar surface area (TPSA) is 59.0 Å². The molecule has 0 aliphatic heterocycles. The Balaban J connectivity index is 1.67. The fraction of sp³-hybridized carbons (Fsp3) is 0.158. The molecule has 122 valence electrons. The van der Waals surface area contributed by atoms with Gasteiger partial charge in [0.25, 0.3) is 0 Å². The van der Waals surface area contributed by atoms with E-state index in [1.54, 1.807) is 0 Å². The van der Waals surface area contributed by atoms with E-state index < -0.39 is 0 Å². The van der Waals surface area contributed by atoms with Crippen molar-refractivity contribution >= 4 is 17.3 Å². The second-order valence-corrected chi connectivity index (χ2v) is 5.62. The van der Waals surface area contributed by atoms with Gasteiger partial charge in [-0.3, -0.25) is 4.79 Å². The Morgan fingerprint density at radius 3 is 2.46 bits per heavy atom. The number of amides is 1. The maximum Gasteiger partial charge on any atom is 0.221 e. The number of rotatable bonds is 5. The lowest BCUT2D eigenvalue weighted by Gasteiger charge is -2.08. The number of para-hydroxylation sites is 1. The maximum atomic E-state index is 11.0. The standard InChI is InChI=1S/C19H20N4O/c1-14-19(13-21-23(14)18-6-4-3-5-7-18)20-12-16-8-10-17(11-9-16)22-15(2)24/h3-11,13,20H,12H2,1-2H3,(H,22,24). The molecule has 2 N–H and O–H groups in total. The van der Waals surface area contributed by atoms with Crippen molar-refractivity contribution < 1.29 is 4.79 Å². The number of hydrogen-bond donors (Lipinski definition) is 2. The molecule has 0 unspecified atom stereocenters. The van der Waals surface area contributed by atoms with Crippen LogP contribution >= 0.6 is 0 Å². The smallest absolute Gasteiger partial charge is 0.221 e. The minimum atomic E-state index is -0.0650. The monoisotopic (exact) mass is 320 g/mol. The van der Waals surface area contributed by atoms with Gasteiger partial charge in [-0.25, -0.2) is 4.68 Å². The Bertz CT molecular complexity index is 822. The molecule has 0 bridgehead atoms. The summed E-state index contributed by atoms with van der Waals surface area (Å²) in [6.07, 6.45) is 1.84. The summed E-state index contributed by atoms with van der Waals surface area (Å²) in [6, 6.07) is 17.9. The van der Waals surface area contributed by atoms with E-state index in [0.29, 0.717) is 6.54 Å². The van der Waals surface area contributed by atoms with Crippen molar-refractivity contribution in [3.63, 3.8) is 0 Å². The van der Waals surface area contributed by atoms with Gasteiger partial charge in [0.1, 0.15) is 0 Å². The van der Waals surface area contributed by atoms with Gasteiger partial charge in [0.2, 0.25) is 5.91 Å². The lowest BCUT2D eigenvalue weighted by atomic mass is 10.2. The highest BCUT2D eigenvalue weighted by molar-refractivity contribution is 5.88. The number of benzene rings is 2. The first-order valence-corrected chi connectivity index (χ1v) is 7.84. The molecule has 0 aliphatic rings. The Morgan fingerprint density at radius 1 is 1.08 bits per heavy atom. The van der Waals surface area contributed by atoms with Crippen molar-refractivity contribution in [2.75, 3.05) is 10.6 Å². The summed E-state index contributed by atoms with van der Waals surface area (Å²) >= 11 is 0. The van der Waals surface area contributed by atoms with Crippen LogP contribution in [0.5, 0.6) is 0 Å². The van der Waals surface area contributed by atoms with E-state index in [4.69, 9.17) is 0 Å². The van der Waals surface area contributed by atoms with Gasteiger partial charge in [0.05, 0.1) is 23.3 Å². The lowest BCUT2D eigenvalue weighted by molar-refractivity contribution is -0.114. The van der Waals surface area contributed by atoms with Crippen molar-refractivity contribution in [3.8, 4) is 5.69 Å². The first-order chi connectivity index (χ1) is 11.6. The molecule has 1 aromatic heterocycles. The van der Waals surface area contributed by atoms with E-state index in [0.717, 1.165) is 28.3 Å². The molecule has 0 spiro atoms. The zero-order valence-corrected chi connectivity index (χ0v) is 13.8. The zero-order valence-electron chi connectivity index (χ0n) is 13.8. The van der Waals surface area contributed by atoms with Crippen molar-refractivity contribution in [2.24, 2.45) is 0 Å². The van der Waals surface area contributed by atoms with Crippen LogP contribution in [0.1, 0.15) is 18.2 Å². The quantitative estimate of drug-likeness (QED) is 0.752. The Hall–Kier alpha value is -3.08. The summed E-state index contributed by atoms with van der Waals surface area (Å²) < 4.78 is 1.92. The largest absolute Gasteiger partial charge is 0.378 e. The molecule has 3 rings (SSSR count). The van der Waals surface area contributed by atoms with Crippen molar-refractivity contribution in [3.05, 3.63) is 72.1 Å². The van der Waals surface area contributed by atoms with Gasteiger partial charge >= 0.3 is 0 Å². The van der Waals surface area contributed by atoms with Gasteiger partial charge < -0.3 is 10.6 Å². The molecule has 2 aromatic carbocycles. The SMILES string of the molecule is CC(=O)Nc1ccc(CNc2cnn(-c3ccccc3)c2C)cc1. The van der Waals surface area contributed by atoms with Gasteiger partial charge in [-0.15, -0.1) is 0 Å². The van der Waals surface area contributed by atoms with Crippen molar-refractivity contribution in [1.29, 1.82) is 0 Å². The van der Waals surface area contributed by atoms with Crippen LogP contribution in [0.4, 0.5) is 11.4 Å². The molecule has 5 nitrogen and oxygen atoms in total. The van der Waals surface area contributed by atoms with E-state index in [9.17, 15) is 4.79 Å². The van der Waals surface area contributed by atoms with Crippen molar-refractivity contribution in [2.45, 2.75) is 20.4 Å². The molecule has 0 radical (unpaired) electrons. The zero-order chi connectivity index (χ0) is 16.9. The molecule has 0 aliphatic carbocycles. The van der Waals surface area contributed by atoms with Gasteiger partial charge in [-0.1, -0.05) is 30.3 Å². The normalized spacial score (nSPS) is 10.4. The van der Waals surface area contributed by atoms with Crippen LogP contribution in [0.3, 0.4) is 0 Å². The van der Waals surface area contributed by atoms with Gasteiger partial charge in [-0.2, -0.15) is 5.10 Å². The van der Waals surface area contributed by atoms with Crippen LogP contribution < -0.4 is 10.6 Å². The number of carbonyl (C=O) groups excluding carboxylic acids is 1. The van der Waals surface area contributed by atoms with Gasteiger partial charge in [0, 0.05) is 19.2 Å². The van der Waals surface area contributed by atoms with Gasteiger partial charge in [0.15, 0.2) is 0 Å². The molecule has 1 amide bonds. The number of hydrogen-bond acceptors (Lipinski definition) is 3. The first kappa shape index (κ1) is 15.8. The predicted molar refractivity (Wildman–Crippen MR) is 96.4 cm³/mol. The molecule has 0 saturated heterocycles. The van der Waals surface area contributed by atoms with Crippen molar-refractivity contribution in [1.82, 2.24) is 9.78 Å². The predicted octanol–water partition coefficient (Wildman–Crippen LogP) is 3.75. The lowest BCUT2D eigenvalue weighted by Crippen LogP contribution is -2.06. The van der Waals surface area contributed by atoms with E-state index in [1.807, 2.05) is 72.4 Å². The first-order valence-electron chi connectivity index (χ1n) is 7.84.